The average Bonchev–Trinajstić information content (AvgIpc) is 3.38. The molecule has 0 amide bonds. The van der Waals surface area contributed by atoms with Gasteiger partial charge in [-0.2, -0.15) is 0 Å². The Morgan fingerprint density at radius 2 is 1.86 bits per heavy atom. The minimum atomic E-state index is -0.234. The molecule has 3 aromatic carbocycles. The van der Waals surface area contributed by atoms with E-state index < -0.39 is 0 Å². The molecule has 1 aromatic heterocycles. The summed E-state index contributed by atoms with van der Waals surface area (Å²) in [5.41, 5.74) is 5.31. The molecule has 5 rings (SSSR count). The maximum absolute atomic E-state index is 12.0. The van der Waals surface area contributed by atoms with Gasteiger partial charge >= 0.3 is 5.97 Å². The number of hydrogen-bond acceptors (Lipinski definition) is 5. The predicted molar refractivity (Wildman–Crippen MR) is 174 cm³/mol. The zero-order valence-corrected chi connectivity index (χ0v) is 26.3. The molecule has 4 aromatic rings. The summed E-state index contributed by atoms with van der Waals surface area (Å²) in [5, 5.41) is 0.703. The molecule has 1 atom stereocenters. The molecule has 228 valence electrons. The van der Waals surface area contributed by atoms with E-state index in [2.05, 4.69) is 40.7 Å². The van der Waals surface area contributed by atoms with Crippen molar-refractivity contribution < 1.29 is 14.3 Å². The first-order valence-corrected chi connectivity index (χ1v) is 16.2. The van der Waals surface area contributed by atoms with Gasteiger partial charge in [-0.15, -0.1) is 0 Å². The molecule has 1 fully saturated rings. The summed E-state index contributed by atoms with van der Waals surface area (Å²) in [7, 11) is 0. The van der Waals surface area contributed by atoms with E-state index in [4.69, 9.17) is 26.1 Å². The lowest BCUT2D eigenvalue weighted by molar-refractivity contribution is 0.0526. The summed E-state index contributed by atoms with van der Waals surface area (Å²) in [6, 6.07) is 21.8. The molecule has 7 heteroatoms. The molecule has 1 aliphatic rings. The van der Waals surface area contributed by atoms with Crippen LogP contribution in [0.15, 0.2) is 66.7 Å². The van der Waals surface area contributed by atoms with Crippen LogP contribution in [0.1, 0.15) is 72.8 Å². The number of benzene rings is 3. The first-order valence-electron chi connectivity index (χ1n) is 15.8. The zero-order valence-electron chi connectivity index (χ0n) is 25.6. The van der Waals surface area contributed by atoms with Crippen LogP contribution in [-0.4, -0.2) is 46.7 Å². The minimum absolute atomic E-state index is 0.234. The fourth-order valence-electron chi connectivity index (χ4n) is 6.23. The van der Waals surface area contributed by atoms with E-state index in [1.165, 1.54) is 55.4 Å². The molecule has 0 spiro atoms. The van der Waals surface area contributed by atoms with Crippen molar-refractivity contribution in [1.29, 1.82) is 0 Å². The first kappa shape index (κ1) is 31.1. The molecule has 43 heavy (non-hydrogen) atoms. The van der Waals surface area contributed by atoms with Crippen molar-refractivity contribution in [2.75, 3.05) is 26.2 Å². The maximum Gasteiger partial charge on any atom is 0.338 e. The van der Waals surface area contributed by atoms with Crippen molar-refractivity contribution in [3.05, 3.63) is 94.3 Å². The highest BCUT2D eigenvalue weighted by atomic mass is 35.5. The molecule has 2 heterocycles. The summed E-state index contributed by atoms with van der Waals surface area (Å²) in [5.74, 6) is 2.27. The summed E-state index contributed by atoms with van der Waals surface area (Å²) in [6.45, 7) is 9.28. The third-order valence-electron chi connectivity index (χ3n) is 8.47. The fourth-order valence-corrected chi connectivity index (χ4v) is 6.36. The zero-order chi connectivity index (χ0) is 30.0. The van der Waals surface area contributed by atoms with Crippen molar-refractivity contribution >= 4 is 28.6 Å². The van der Waals surface area contributed by atoms with Gasteiger partial charge in [0.2, 0.25) is 0 Å². The smallest absolute Gasteiger partial charge is 0.338 e. The number of rotatable bonds is 14. The molecular weight excluding hydrogens is 558 g/mol. The predicted octanol–water partition coefficient (Wildman–Crippen LogP) is 8.27. The quantitative estimate of drug-likeness (QED) is 0.108. The number of imidazole rings is 1. The van der Waals surface area contributed by atoms with Crippen LogP contribution < -0.4 is 4.74 Å². The molecule has 1 aliphatic heterocycles. The van der Waals surface area contributed by atoms with E-state index in [-0.39, 0.29) is 5.97 Å². The largest absolute Gasteiger partial charge is 0.486 e. The van der Waals surface area contributed by atoms with Gasteiger partial charge in [0, 0.05) is 18.1 Å². The van der Waals surface area contributed by atoms with Crippen LogP contribution >= 0.6 is 11.6 Å². The molecule has 1 unspecified atom stereocenters. The second-order valence-electron chi connectivity index (χ2n) is 11.7. The van der Waals surface area contributed by atoms with Gasteiger partial charge in [0.1, 0.15) is 18.2 Å². The van der Waals surface area contributed by atoms with Crippen molar-refractivity contribution in [3.8, 4) is 5.75 Å². The summed E-state index contributed by atoms with van der Waals surface area (Å²) < 4.78 is 13.6. The Kier molecular flexibility index (Phi) is 11.1. The van der Waals surface area contributed by atoms with Gasteiger partial charge < -0.3 is 18.9 Å². The second kappa shape index (κ2) is 15.4. The van der Waals surface area contributed by atoms with Crippen molar-refractivity contribution in [1.82, 2.24) is 14.5 Å². The Labute approximate surface area is 261 Å². The lowest BCUT2D eigenvalue weighted by Gasteiger charge is -2.33. The number of piperidine rings is 1. The molecule has 1 saturated heterocycles. The van der Waals surface area contributed by atoms with Crippen LogP contribution in [0.2, 0.25) is 5.02 Å². The number of para-hydroxylation sites is 1. The highest BCUT2D eigenvalue weighted by Gasteiger charge is 2.20. The summed E-state index contributed by atoms with van der Waals surface area (Å²) in [6.07, 6.45) is 8.23. The van der Waals surface area contributed by atoms with Crippen LogP contribution in [0.25, 0.3) is 11.0 Å². The van der Waals surface area contributed by atoms with Crippen LogP contribution in [0.3, 0.4) is 0 Å². The SMILES string of the molecule is CCOC(=O)c1cccc(CCCCN2CCCC(CCCn3c(COc4ccc(Cl)cc4)nc4c(C)cccc43)C2)c1. The number of aryl methyl sites for hydroxylation is 3. The topological polar surface area (TPSA) is 56.6 Å². The molecule has 0 N–H and O–H groups in total. The van der Waals surface area contributed by atoms with Gasteiger partial charge in [-0.05, 0) is 131 Å². The van der Waals surface area contributed by atoms with Gasteiger partial charge in [-0.25, -0.2) is 9.78 Å². The van der Waals surface area contributed by atoms with E-state index in [1.54, 1.807) is 0 Å². The number of unbranched alkanes of at least 4 members (excludes halogenated alkanes) is 1. The third-order valence-corrected chi connectivity index (χ3v) is 8.72. The molecule has 0 aliphatic carbocycles. The average molecular weight is 602 g/mol. The third kappa shape index (κ3) is 8.61. The van der Waals surface area contributed by atoms with Gasteiger partial charge in [0.15, 0.2) is 0 Å². The normalized spacial score (nSPS) is 15.6. The number of likely N-dealkylation sites (tertiary alicyclic amines) is 1. The Morgan fingerprint density at radius 3 is 2.70 bits per heavy atom. The lowest BCUT2D eigenvalue weighted by Crippen LogP contribution is -2.36. The highest BCUT2D eigenvalue weighted by molar-refractivity contribution is 6.30. The number of ether oxygens (including phenoxy) is 2. The molecule has 0 radical (unpaired) electrons. The molecule has 0 saturated carbocycles. The van der Waals surface area contributed by atoms with Crippen LogP contribution in [-0.2, 0) is 24.3 Å². The first-order chi connectivity index (χ1) is 21.0. The van der Waals surface area contributed by atoms with Crippen LogP contribution in [0, 0.1) is 12.8 Å². The monoisotopic (exact) mass is 601 g/mol. The van der Waals surface area contributed by atoms with Crippen molar-refractivity contribution in [2.24, 2.45) is 5.92 Å². The minimum Gasteiger partial charge on any atom is -0.486 e. The van der Waals surface area contributed by atoms with E-state index in [0.29, 0.717) is 23.8 Å². The van der Waals surface area contributed by atoms with Gasteiger partial charge in [-0.3, -0.25) is 0 Å². The van der Waals surface area contributed by atoms with Gasteiger partial charge in [-0.1, -0.05) is 35.9 Å². The Morgan fingerprint density at radius 1 is 1.02 bits per heavy atom. The van der Waals surface area contributed by atoms with Crippen LogP contribution in [0.5, 0.6) is 5.75 Å². The van der Waals surface area contributed by atoms with Gasteiger partial charge in [0.25, 0.3) is 0 Å². The van der Waals surface area contributed by atoms with E-state index in [9.17, 15) is 4.79 Å². The summed E-state index contributed by atoms with van der Waals surface area (Å²) in [4.78, 5) is 19.7. The van der Waals surface area contributed by atoms with Gasteiger partial charge in [0.05, 0.1) is 23.2 Å². The Bertz CT molecular complexity index is 1480. The number of carbonyl (C=O) groups is 1. The molecule has 6 nitrogen and oxygen atoms in total. The van der Waals surface area contributed by atoms with E-state index >= 15 is 0 Å². The molecular formula is C36H44ClN3O3. The van der Waals surface area contributed by atoms with E-state index in [0.717, 1.165) is 55.4 Å². The second-order valence-corrected chi connectivity index (χ2v) is 12.1. The lowest BCUT2D eigenvalue weighted by atomic mass is 9.93. The Balaban J connectivity index is 1.10. The fraction of sp³-hybridized carbons (Fsp3) is 0.444. The standard InChI is InChI=1S/C36H44ClN3O3/c1-3-42-36(41)30-15-7-12-28(24-30)11-4-5-21-39-22-8-13-29(25-39)14-9-23-40-33-16-6-10-27(2)35(33)38-34(40)26-43-32-19-17-31(37)18-20-32/h6-7,10,12,15-20,24,29H,3-5,8-9,11,13-14,21-23,25-26H2,1-2H3. The summed E-state index contributed by atoms with van der Waals surface area (Å²) >= 11 is 6.04. The van der Waals surface area contributed by atoms with Crippen molar-refractivity contribution in [2.45, 2.75) is 71.9 Å². The number of carbonyl (C=O) groups excluding carboxylic acids is 1. The van der Waals surface area contributed by atoms with Crippen molar-refractivity contribution in [3.63, 3.8) is 0 Å². The Hall–Kier alpha value is -3.35. The number of halogens is 1. The number of hydrogen-bond donors (Lipinski definition) is 0. The number of nitrogens with zero attached hydrogens (tertiary/aromatic N) is 3. The van der Waals surface area contributed by atoms with E-state index in [1.807, 2.05) is 49.4 Å². The molecule has 0 bridgehead atoms. The van der Waals surface area contributed by atoms with Crippen LogP contribution in [0.4, 0.5) is 0 Å². The number of aromatic nitrogens is 2. The maximum atomic E-state index is 12.0. The highest BCUT2D eigenvalue weighted by Crippen LogP contribution is 2.25. The number of fused-ring (bicyclic) bond motifs is 1. The number of esters is 1.